The molecule has 2 aromatic carbocycles. The number of hydrogen-bond donors (Lipinski definition) is 2. The molecule has 132 valence electrons. The van der Waals surface area contributed by atoms with E-state index < -0.39 is 0 Å². The minimum absolute atomic E-state index is 0.164. The van der Waals surface area contributed by atoms with Gasteiger partial charge in [-0.15, -0.1) is 0 Å². The third-order valence-corrected chi connectivity index (χ3v) is 4.33. The maximum Gasteiger partial charge on any atom is 0.257 e. The van der Waals surface area contributed by atoms with E-state index in [1.54, 1.807) is 24.5 Å². The number of para-hydroxylation sites is 1. The number of aryl methyl sites for hydroxylation is 2. The molecular formula is C22H23N3O. The van der Waals surface area contributed by atoms with E-state index in [4.69, 9.17) is 0 Å². The molecule has 4 nitrogen and oxygen atoms in total. The smallest absolute Gasteiger partial charge is 0.257 e. The highest BCUT2D eigenvalue weighted by atomic mass is 16.1. The van der Waals surface area contributed by atoms with E-state index in [1.165, 1.54) is 16.8 Å². The lowest BCUT2D eigenvalue weighted by Gasteiger charge is -2.16. The van der Waals surface area contributed by atoms with Gasteiger partial charge in [0.1, 0.15) is 0 Å². The topological polar surface area (TPSA) is 54.0 Å². The van der Waals surface area contributed by atoms with Crippen molar-refractivity contribution in [1.82, 2.24) is 4.98 Å². The molecule has 0 bridgehead atoms. The zero-order valence-corrected chi connectivity index (χ0v) is 15.1. The molecule has 0 unspecified atom stereocenters. The van der Waals surface area contributed by atoms with Crippen LogP contribution in [0.15, 0.2) is 67.0 Å². The first-order chi connectivity index (χ1) is 12.7. The summed E-state index contributed by atoms with van der Waals surface area (Å²) >= 11 is 0. The summed E-state index contributed by atoms with van der Waals surface area (Å²) in [6.45, 7) is 4.33. The van der Waals surface area contributed by atoms with Crippen LogP contribution in [0.5, 0.6) is 0 Å². The van der Waals surface area contributed by atoms with Crippen LogP contribution < -0.4 is 10.6 Å². The average molecular weight is 345 g/mol. The van der Waals surface area contributed by atoms with E-state index >= 15 is 0 Å². The van der Waals surface area contributed by atoms with E-state index in [2.05, 4.69) is 47.7 Å². The van der Waals surface area contributed by atoms with Gasteiger partial charge in [-0.05, 0) is 60.4 Å². The number of hydrogen-bond acceptors (Lipinski definition) is 3. The largest absolute Gasteiger partial charge is 0.355 e. The van der Waals surface area contributed by atoms with Gasteiger partial charge in [0.15, 0.2) is 0 Å². The van der Waals surface area contributed by atoms with Crippen molar-refractivity contribution in [2.24, 2.45) is 0 Å². The van der Waals surface area contributed by atoms with Crippen molar-refractivity contribution in [1.29, 1.82) is 0 Å². The highest BCUT2D eigenvalue weighted by Gasteiger charge is 2.08. The summed E-state index contributed by atoms with van der Waals surface area (Å²) in [6.07, 6.45) is 5.17. The lowest BCUT2D eigenvalue weighted by Crippen LogP contribution is -2.11. The molecule has 0 saturated heterocycles. The van der Waals surface area contributed by atoms with Crippen LogP contribution in [0.4, 0.5) is 17.1 Å². The van der Waals surface area contributed by atoms with Crippen LogP contribution in [-0.4, -0.2) is 10.9 Å². The Labute approximate surface area is 154 Å². The maximum atomic E-state index is 12.2. The fourth-order valence-corrected chi connectivity index (χ4v) is 2.88. The predicted octanol–water partition coefficient (Wildman–Crippen LogP) is 5.20. The Hall–Kier alpha value is -3.14. The van der Waals surface area contributed by atoms with Gasteiger partial charge in [-0.25, -0.2) is 0 Å². The molecule has 3 aromatic rings. The first-order valence-corrected chi connectivity index (χ1v) is 8.90. The SMILES string of the molecule is CCc1cccc(CC)c1Nc1ccc(NC(=O)c2cccnc2)cc1. The number of pyridine rings is 1. The van der Waals surface area contributed by atoms with Gasteiger partial charge in [0, 0.05) is 29.5 Å². The van der Waals surface area contributed by atoms with Crippen molar-refractivity contribution in [2.75, 3.05) is 10.6 Å². The second kappa shape index (κ2) is 8.30. The standard InChI is InChI=1S/C22H23N3O/c1-3-16-7-5-8-17(4-2)21(16)24-19-10-12-20(13-11-19)25-22(26)18-9-6-14-23-15-18/h5-15,24H,3-4H2,1-2H3,(H,25,26). The molecule has 26 heavy (non-hydrogen) atoms. The van der Waals surface area contributed by atoms with Gasteiger partial charge in [0.05, 0.1) is 5.56 Å². The summed E-state index contributed by atoms with van der Waals surface area (Å²) in [5.74, 6) is -0.164. The maximum absolute atomic E-state index is 12.2. The van der Waals surface area contributed by atoms with E-state index in [0.29, 0.717) is 5.56 Å². The Bertz CT molecular complexity index is 851. The number of benzene rings is 2. The monoisotopic (exact) mass is 345 g/mol. The molecule has 0 aliphatic carbocycles. The zero-order valence-electron chi connectivity index (χ0n) is 15.1. The van der Waals surface area contributed by atoms with Crippen LogP contribution >= 0.6 is 0 Å². The fourth-order valence-electron chi connectivity index (χ4n) is 2.88. The lowest BCUT2D eigenvalue weighted by atomic mass is 10.0. The summed E-state index contributed by atoms with van der Waals surface area (Å²) in [6, 6.07) is 17.7. The third kappa shape index (κ3) is 4.09. The second-order valence-corrected chi connectivity index (χ2v) is 6.06. The molecule has 0 fully saturated rings. The number of nitrogens with zero attached hydrogens (tertiary/aromatic N) is 1. The van der Waals surface area contributed by atoms with Crippen molar-refractivity contribution in [2.45, 2.75) is 26.7 Å². The minimum Gasteiger partial charge on any atom is -0.355 e. The van der Waals surface area contributed by atoms with Gasteiger partial charge in [0.25, 0.3) is 5.91 Å². The summed E-state index contributed by atoms with van der Waals surface area (Å²) in [4.78, 5) is 16.2. The summed E-state index contributed by atoms with van der Waals surface area (Å²) in [5, 5.41) is 6.42. The zero-order chi connectivity index (χ0) is 18.4. The van der Waals surface area contributed by atoms with Gasteiger partial charge in [-0.1, -0.05) is 32.0 Å². The van der Waals surface area contributed by atoms with E-state index in [9.17, 15) is 4.79 Å². The van der Waals surface area contributed by atoms with Gasteiger partial charge < -0.3 is 10.6 Å². The number of rotatable bonds is 6. The Morgan fingerprint density at radius 1 is 0.885 bits per heavy atom. The number of amides is 1. The summed E-state index contributed by atoms with van der Waals surface area (Å²) < 4.78 is 0. The first kappa shape index (κ1) is 17.7. The Balaban J connectivity index is 1.74. The number of nitrogens with one attached hydrogen (secondary N) is 2. The van der Waals surface area contributed by atoms with Crippen LogP contribution in [-0.2, 0) is 12.8 Å². The van der Waals surface area contributed by atoms with Gasteiger partial charge >= 0.3 is 0 Å². The van der Waals surface area contributed by atoms with Crippen LogP contribution in [0.1, 0.15) is 35.3 Å². The molecule has 0 saturated carbocycles. The van der Waals surface area contributed by atoms with Crippen molar-refractivity contribution in [3.05, 3.63) is 83.7 Å². The Kier molecular flexibility index (Phi) is 5.64. The number of carbonyl (C=O) groups excluding carboxylic acids is 1. The number of anilines is 3. The molecule has 0 atom stereocenters. The molecule has 3 rings (SSSR count). The molecule has 0 spiro atoms. The molecule has 1 aromatic heterocycles. The second-order valence-electron chi connectivity index (χ2n) is 6.06. The number of aromatic nitrogens is 1. The average Bonchev–Trinajstić information content (AvgIpc) is 2.70. The van der Waals surface area contributed by atoms with E-state index in [-0.39, 0.29) is 5.91 Å². The minimum atomic E-state index is -0.164. The summed E-state index contributed by atoms with van der Waals surface area (Å²) in [5.41, 5.74) is 6.09. The highest BCUT2D eigenvalue weighted by molar-refractivity contribution is 6.04. The Morgan fingerprint density at radius 3 is 2.12 bits per heavy atom. The highest BCUT2D eigenvalue weighted by Crippen LogP contribution is 2.27. The first-order valence-electron chi connectivity index (χ1n) is 8.90. The molecule has 0 aliphatic heterocycles. The van der Waals surface area contributed by atoms with Crippen molar-refractivity contribution < 1.29 is 4.79 Å². The predicted molar refractivity (Wildman–Crippen MR) is 107 cm³/mol. The molecule has 1 amide bonds. The Morgan fingerprint density at radius 2 is 1.54 bits per heavy atom. The molecular weight excluding hydrogens is 322 g/mol. The number of carbonyl (C=O) groups is 1. The van der Waals surface area contributed by atoms with E-state index in [1.807, 2.05) is 24.3 Å². The van der Waals surface area contributed by atoms with Crippen molar-refractivity contribution >= 4 is 23.0 Å². The summed E-state index contributed by atoms with van der Waals surface area (Å²) in [7, 11) is 0. The fraction of sp³-hybridized carbons (Fsp3) is 0.182. The lowest BCUT2D eigenvalue weighted by molar-refractivity contribution is 0.102. The van der Waals surface area contributed by atoms with E-state index in [0.717, 1.165) is 24.2 Å². The quantitative estimate of drug-likeness (QED) is 0.645. The van der Waals surface area contributed by atoms with Gasteiger partial charge in [0.2, 0.25) is 0 Å². The molecule has 0 aliphatic rings. The van der Waals surface area contributed by atoms with Gasteiger partial charge in [-0.3, -0.25) is 9.78 Å². The van der Waals surface area contributed by atoms with Crippen molar-refractivity contribution in [3.8, 4) is 0 Å². The van der Waals surface area contributed by atoms with Crippen LogP contribution in [0.3, 0.4) is 0 Å². The molecule has 4 heteroatoms. The van der Waals surface area contributed by atoms with Crippen LogP contribution in [0.2, 0.25) is 0 Å². The molecule has 1 heterocycles. The van der Waals surface area contributed by atoms with Crippen molar-refractivity contribution in [3.63, 3.8) is 0 Å². The van der Waals surface area contributed by atoms with Gasteiger partial charge in [-0.2, -0.15) is 0 Å². The molecule has 0 radical (unpaired) electrons. The third-order valence-electron chi connectivity index (χ3n) is 4.33. The molecule has 2 N–H and O–H groups in total. The van der Waals surface area contributed by atoms with Crippen LogP contribution in [0, 0.1) is 0 Å². The van der Waals surface area contributed by atoms with Crippen LogP contribution in [0.25, 0.3) is 0 Å². The normalized spacial score (nSPS) is 10.4.